The zero-order chi connectivity index (χ0) is 19.3. The maximum Gasteiger partial charge on any atom is 0.211 e. The van der Waals surface area contributed by atoms with E-state index in [2.05, 4.69) is 27.3 Å². The van der Waals surface area contributed by atoms with Crippen molar-refractivity contribution in [3.05, 3.63) is 35.9 Å². The second-order valence-corrected chi connectivity index (χ2v) is 8.15. The average molecular weight is 512 g/mol. The Labute approximate surface area is 180 Å². The molecule has 27 heavy (non-hydrogen) atoms. The zero-order valence-corrected chi connectivity index (χ0v) is 19.5. The second-order valence-electron chi connectivity index (χ2n) is 6.05. The third kappa shape index (κ3) is 13.0. The molecule has 0 heterocycles. The highest BCUT2D eigenvalue weighted by molar-refractivity contribution is 14.0. The molecule has 0 bridgehead atoms. The first-order valence-corrected chi connectivity index (χ1v) is 10.7. The molecule has 0 aromatic heterocycles. The number of aliphatic imine (C=N–C) groups is 1. The predicted molar refractivity (Wildman–Crippen MR) is 122 cm³/mol. The number of hydrogen-bond acceptors (Lipinski definition) is 4. The van der Waals surface area contributed by atoms with E-state index in [1.165, 1.54) is 0 Å². The highest BCUT2D eigenvalue weighted by atomic mass is 127. The van der Waals surface area contributed by atoms with Crippen LogP contribution in [0.15, 0.2) is 35.3 Å². The number of rotatable bonds is 12. The molecule has 0 spiro atoms. The Morgan fingerprint density at radius 2 is 1.85 bits per heavy atom. The molecule has 1 aromatic rings. The Morgan fingerprint density at radius 1 is 1.15 bits per heavy atom. The van der Waals surface area contributed by atoms with Crippen LogP contribution in [-0.2, 0) is 21.4 Å². The van der Waals surface area contributed by atoms with Crippen LogP contribution in [0.3, 0.4) is 0 Å². The fourth-order valence-corrected chi connectivity index (χ4v) is 2.70. The van der Waals surface area contributed by atoms with E-state index in [0.29, 0.717) is 38.8 Å². The van der Waals surface area contributed by atoms with Crippen molar-refractivity contribution in [3.8, 4) is 0 Å². The van der Waals surface area contributed by atoms with Gasteiger partial charge in [0.25, 0.3) is 0 Å². The summed E-state index contributed by atoms with van der Waals surface area (Å²) < 4.78 is 31.0. The van der Waals surface area contributed by atoms with E-state index in [4.69, 9.17) is 4.74 Å². The molecule has 3 N–H and O–H groups in total. The van der Waals surface area contributed by atoms with E-state index in [-0.39, 0.29) is 35.6 Å². The highest BCUT2D eigenvalue weighted by Gasteiger charge is 2.06. The monoisotopic (exact) mass is 512 g/mol. The molecule has 1 rings (SSSR count). The summed E-state index contributed by atoms with van der Waals surface area (Å²) in [7, 11) is -3.16. The van der Waals surface area contributed by atoms with Gasteiger partial charge in [-0.15, -0.1) is 24.0 Å². The number of guanidine groups is 1. The third-order valence-corrected chi connectivity index (χ3v) is 4.94. The number of nitrogens with one attached hydrogen (secondary N) is 3. The van der Waals surface area contributed by atoms with Crippen LogP contribution in [-0.4, -0.2) is 52.9 Å². The van der Waals surface area contributed by atoms with Gasteiger partial charge in [-0.25, -0.2) is 13.1 Å². The lowest BCUT2D eigenvalue weighted by atomic mass is 10.2. The van der Waals surface area contributed by atoms with Crippen LogP contribution < -0.4 is 15.4 Å². The molecule has 1 unspecified atom stereocenters. The molecule has 1 aromatic carbocycles. The first-order chi connectivity index (χ1) is 12.5. The summed E-state index contributed by atoms with van der Waals surface area (Å²) in [6, 6.07) is 10.1. The molecule has 0 fully saturated rings. The smallest absolute Gasteiger partial charge is 0.211 e. The SMILES string of the molecule is CCNC(=NCC(C)COCc1ccccc1)NCCNS(=O)(=O)CC.I. The lowest BCUT2D eigenvalue weighted by Gasteiger charge is -2.14. The first-order valence-electron chi connectivity index (χ1n) is 9.08. The molecule has 9 heteroatoms. The Bertz CT molecular complexity index is 627. The van der Waals surface area contributed by atoms with E-state index in [9.17, 15) is 8.42 Å². The van der Waals surface area contributed by atoms with Gasteiger partial charge in [0, 0.05) is 26.2 Å². The molecule has 0 radical (unpaired) electrons. The largest absolute Gasteiger partial charge is 0.376 e. The standard InChI is InChI=1S/C18H32N4O3S.HI/c1-4-19-18(20-11-12-22-26(23,24)5-2)21-13-16(3)14-25-15-17-9-7-6-8-10-17;/h6-10,16,22H,4-5,11-15H2,1-3H3,(H2,19,20,21);1H. The minimum atomic E-state index is -3.16. The minimum Gasteiger partial charge on any atom is -0.376 e. The van der Waals surface area contributed by atoms with Gasteiger partial charge in [0.2, 0.25) is 10.0 Å². The zero-order valence-electron chi connectivity index (χ0n) is 16.4. The Balaban J connectivity index is 0.00000676. The van der Waals surface area contributed by atoms with Crippen LogP contribution in [0.5, 0.6) is 0 Å². The maximum absolute atomic E-state index is 11.4. The fourth-order valence-electron chi connectivity index (χ4n) is 2.08. The van der Waals surface area contributed by atoms with Crippen LogP contribution in [0.25, 0.3) is 0 Å². The van der Waals surface area contributed by atoms with Crippen LogP contribution in [0.2, 0.25) is 0 Å². The van der Waals surface area contributed by atoms with Crippen LogP contribution in [0.4, 0.5) is 0 Å². The second kappa shape index (κ2) is 15.1. The normalized spacial score (nSPS) is 12.9. The molecule has 0 aliphatic rings. The topological polar surface area (TPSA) is 91.8 Å². The number of halogens is 1. The van der Waals surface area contributed by atoms with E-state index >= 15 is 0 Å². The van der Waals surface area contributed by atoms with Gasteiger partial charge in [-0.2, -0.15) is 0 Å². The molecule has 0 saturated heterocycles. The van der Waals surface area contributed by atoms with E-state index in [1.54, 1.807) is 6.92 Å². The molecule has 156 valence electrons. The van der Waals surface area contributed by atoms with Crippen molar-refractivity contribution in [2.45, 2.75) is 27.4 Å². The van der Waals surface area contributed by atoms with Gasteiger partial charge in [-0.1, -0.05) is 37.3 Å². The van der Waals surface area contributed by atoms with Crippen molar-refractivity contribution >= 4 is 40.0 Å². The van der Waals surface area contributed by atoms with E-state index < -0.39 is 10.0 Å². The number of hydrogen-bond donors (Lipinski definition) is 3. The molecule has 0 aliphatic heterocycles. The van der Waals surface area contributed by atoms with Gasteiger partial charge in [-0.05, 0) is 25.3 Å². The minimum absolute atomic E-state index is 0. The fraction of sp³-hybridized carbons (Fsp3) is 0.611. The number of nitrogens with zero attached hydrogens (tertiary/aromatic N) is 1. The summed E-state index contributed by atoms with van der Waals surface area (Å²) in [5.74, 6) is 1.05. The molecule has 0 aliphatic carbocycles. The summed E-state index contributed by atoms with van der Waals surface area (Å²) in [4.78, 5) is 4.53. The molecule has 7 nitrogen and oxygen atoms in total. The van der Waals surface area contributed by atoms with Gasteiger partial charge < -0.3 is 15.4 Å². The first kappa shape index (κ1) is 26.1. The number of sulfonamides is 1. The lowest BCUT2D eigenvalue weighted by molar-refractivity contribution is 0.0945. The van der Waals surface area contributed by atoms with Crippen LogP contribution in [0, 0.1) is 5.92 Å². The highest BCUT2D eigenvalue weighted by Crippen LogP contribution is 2.03. The molecular weight excluding hydrogens is 479 g/mol. The summed E-state index contributed by atoms with van der Waals surface area (Å²) in [6.45, 7) is 9.11. The summed E-state index contributed by atoms with van der Waals surface area (Å²) in [5.41, 5.74) is 1.16. The number of ether oxygens (including phenoxy) is 1. The van der Waals surface area contributed by atoms with Gasteiger partial charge in [0.1, 0.15) is 0 Å². The maximum atomic E-state index is 11.4. The van der Waals surface area contributed by atoms with Crippen molar-refractivity contribution < 1.29 is 13.2 Å². The van der Waals surface area contributed by atoms with Gasteiger partial charge in [0.15, 0.2) is 5.96 Å². The van der Waals surface area contributed by atoms with E-state index in [1.807, 2.05) is 37.3 Å². The average Bonchev–Trinajstić information content (AvgIpc) is 2.64. The van der Waals surface area contributed by atoms with Gasteiger partial charge in [0.05, 0.1) is 19.0 Å². The van der Waals surface area contributed by atoms with Gasteiger partial charge in [-0.3, -0.25) is 4.99 Å². The molecule has 0 amide bonds. The molecular formula is C18H33IN4O3S. The van der Waals surface area contributed by atoms with Crippen molar-refractivity contribution in [1.29, 1.82) is 0 Å². The summed E-state index contributed by atoms with van der Waals surface area (Å²) in [5, 5.41) is 6.28. The summed E-state index contributed by atoms with van der Waals surface area (Å²) >= 11 is 0. The molecule has 1 atom stereocenters. The van der Waals surface area contributed by atoms with Crippen LogP contribution >= 0.6 is 24.0 Å². The summed E-state index contributed by atoms with van der Waals surface area (Å²) in [6.07, 6.45) is 0. The Morgan fingerprint density at radius 3 is 2.48 bits per heavy atom. The van der Waals surface area contributed by atoms with Crippen molar-refractivity contribution in [2.75, 3.05) is 38.5 Å². The molecule has 0 saturated carbocycles. The Kier molecular flexibility index (Phi) is 14.6. The number of benzene rings is 1. The van der Waals surface area contributed by atoms with Crippen LogP contribution in [0.1, 0.15) is 26.3 Å². The third-order valence-electron chi connectivity index (χ3n) is 3.54. The van der Waals surface area contributed by atoms with Crippen molar-refractivity contribution in [1.82, 2.24) is 15.4 Å². The Hall–Kier alpha value is -0.910. The predicted octanol–water partition coefficient (Wildman–Crippen LogP) is 1.95. The lowest BCUT2D eigenvalue weighted by Crippen LogP contribution is -2.42. The quantitative estimate of drug-likeness (QED) is 0.172. The van der Waals surface area contributed by atoms with E-state index in [0.717, 1.165) is 12.1 Å². The van der Waals surface area contributed by atoms with Crippen molar-refractivity contribution in [3.63, 3.8) is 0 Å². The van der Waals surface area contributed by atoms with Crippen molar-refractivity contribution in [2.24, 2.45) is 10.9 Å². The van der Waals surface area contributed by atoms with Gasteiger partial charge >= 0.3 is 0 Å².